The molecule has 0 aliphatic heterocycles. The fourth-order valence-corrected chi connectivity index (χ4v) is 1.35. The molecule has 0 bridgehead atoms. The second kappa shape index (κ2) is 9.38. The fraction of sp³-hybridized carbons (Fsp3) is 0.667. The summed E-state index contributed by atoms with van der Waals surface area (Å²) in [5.41, 5.74) is 0.304. The lowest BCUT2D eigenvalue weighted by Gasteiger charge is -2.10. The third kappa shape index (κ3) is 13.2. The number of unbranched alkanes of at least 4 members (excludes halogenated alkanes) is 4. The van der Waals surface area contributed by atoms with Gasteiger partial charge < -0.3 is 4.79 Å². The van der Waals surface area contributed by atoms with Crippen molar-refractivity contribution in [3.05, 3.63) is 24.3 Å². The molecule has 0 rings (SSSR count). The predicted molar refractivity (Wildman–Crippen MR) is 71.5 cm³/mol. The summed E-state index contributed by atoms with van der Waals surface area (Å²) in [6, 6.07) is 0. The Bertz CT molecular complexity index is 218. The van der Waals surface area contributed by atoms with Crippen molar-refractivity contribution in [2.75, 3.05) is 0 Å². The van der Waals surface area contributed by atoms with Gasteiger partial charge in [0.25, 0.3) is 0 Å². The van der Waals surface area contributed by atoms with Gasteiger partial charge in [0.1, 0.15) is 6.29 Å². The zero-order chi connectivity index (χ0) is 12.3. The number of hydrogen-bond donors (Lipinski definition) is 0. The van der Waals surface area contributed by atoms with E-state index in [0.717, 1.165) is 38.4 Å². The van der Waals surface area contributed by atoms with Crippen molar-refractivity contribution in [3.8, 4) is 0 Å². The SMILES string of the molecule is CC(C)(C)C=CCCC=CCCCCC=O. The van der Waals surface area contributed by atoms with E-state index in [-0.39, 0.29) is 0 Å². The Morgan fingerprint density at radius 3 is 2.00 bits per heavy atom. The van der Waals surface area contributed by atoms with Gasteiger partial charge in [-0.05, 0) is 37.5 Å². The Hall–Kier alpha value is -0.850. The molecule has 0 heterocycles. The van der Waals surface area contributed by atoms with Crippen LogP contribution in [0.2, 0.25) is 0 Å². The Morgan fingerprint density at radius 2 is 1.38 bits per heavy atom. The highest BCUT2D eigenvalue weighted by Crippen LogP contribution is 2.15. The molecule has 0 saturated carbocycles. The summed E-state index contributed by atoms with van der Waals surface area (Å²) in [6.07, 6.45) is 16.2. The minimum atomic E-state index is 0.304. The predicted octanol–water partition coefficient (Wildman–Crippen LogP) is 4.68. The fourth-order valence-electron chi connectivity index (χ4n) is 1.35. The van der Waals surface area contributed by atoms with Crippen LogP contribution in [0, 0.1) is 5.41 Å². The van der Waals surface area contributed by atoms with Crippen LogP contribution in [0.4, 0.5) is 0 Å². The average Bonchev–Trinajstić information content (AvgIpc) is 2.19. The topological polar surface area (TPSA) is 17.1 Å². The number of carbonyl (C=O) groups excluding carboxylic acids is 1. The monoisotopic (exact) mass is 222 g/mol. The molecular formula is C15H26O. The van der Waals surface area contributed by atoms with Crippen LogP contribution in [0.3, 0.4) is 0 Å². The van der Waals surface area contributed by atoms with Gasteiger partial charge in [0, 0.05) is 6.42 Å². The van der Waals surface area contributed by atoms with E-state index in [9.17, 15) is 4.79 Å². The van der Waals surface area contributed by atoms with Crippen molar-refractivity contribution >= 4 is 6.29 Å². The van der Waals surface area contributed by atoms with E-state index in [2.05, 4.69) is 45.1 Å². The standard InChI is InChI=1S/C15H26O/c1-15(2,3)13-11-9-7-5-4-6-8-10-12-14-16/h4-5,11,13-14H,6-10,12H2,1-3H3. The normalized spacial score (nSPS) is 12.7. The number of rotatable bonds is 8. The van der Waals surface area contributed by atoms with Crippen LogP contribution in [0.25, 0.3) is 0 Å². The zero-order valence-corrected chi connectivity index (χ0v) is 11.0. The summed E-state index contributed by atoms with van der Waals surface area (Å²) in [5.74, 6) is 0. The van der Waals surface area contributed by atoms with E-state index in [1.807, 2.05) is 0 Å². The number of carbonyl (C=O) groups is 1. The molecule has 16 heavy (non-hydrogen) atoms. The van der Waals surface area contributed by atoms with E-state index >= 15 is 0 Å². The maximum absolute atomic E-state index is 10.1. The summed E-state index contributed by atoms with van der Waals surface area (Å²) in [6.45, 7) is 6.64. The van der Waals surface area contributed by atoms with Crippen molar-refractivity contribution in [1.82, 2.24) is 0 Å². The molecule has 0 unspecified atom stereocenters. The van der Waals surface area contributed by atoms with Gasteiger partial charge in [0.15, 0.2) is 0 Å². The van der Waals surface area contributed by atoms with Gasteiger partial charge >= 0.3 is 0 Å². The number of aldehydes is 1. The van der Waals surface area contributed by atoms with Crippen molar-refractivity contribution in [2.24, 2.45) is 5.41 Å². The molecule has 0 atom stereocenters. The van der Waals surface area contributed by atoms with Crippen LogP contribution in [-0.2, 0) is 4.79 Å². The van der Waals surface area contributed by atoms with Crippen LogP contribution < -0.4 is 0 Å². The molecule has 0 saturated heterocycles. The Kier molecular flexibility index (Phi) is 8.88. The smallest absolute Gasteiger partial charge is 0.119 e. The van der Waals surface area contributed by atoms with Crippen molar-refractivity contribution < 1.29 is 4.79 Å². The maximum atomic E-state index is 10.1. The molecule has 0 spiro atoms. The van der Waals surface area contributed by atoms with E-state index in [1.165, 1.54) is 0 Å². The van der Waals surface area contributed by atoms with Crippen LogP contribution >= 0.6 is 0 Å². The number of hydrogen-bond acceptors (Lipinski definition) is 1. The van der Waals surface area contributed by atoms with Gasteiger partial charge in [-0.1, -0.05) is 45.1 Å². The highest BCUT2D eigenvalue weighted by molar-refractivity contribution is 5.48. The summed E-state index contributed by atoms with van der Waals surface area (Å²) in [4.78, 5) is 10.1. The molecule has 0 aromatic rings. The molecular weight excluding hydrogens is 196 g/mol. The molecule has 0 radical (unpaired) electrons. The lowest BCUT2D eigenvalue weighted by atomic mass is 9.96. The average molecular weight is 222 g/mol. The molecule has 0 aliphatic carbocycles. The van der Waals surface area contributed by atoms with Crippen molar-refractivity contribution in [1.29, 1.82) is 0 Å². The summed E-state index contributed by atoms with van der Waals surface area (Å²) in [5, 5.41) is 0. The van der Waals surface area contributed by atoms with Crippen LogP contribution in [0.1, 0.15) is 59.3 Å². The van der Waals surface area contributed by atoms with E-state index < -0.39 is 0 Å². The quantitative estimate of drug-likeness (QED) is 0.331. The van der Waals surface area contributed by atoms with Crippen LogP contribution in [0.5, 0.6) is 0 Å². The molecule has 0 amide bonds. The Balaban J connectivity index is 3.34. The molecule has 0 aromatic carbocycles. The second-order valence-electron chi connectivity index (χ2n) is 5.27. The van der Waals surface area contributed by atoms with E-state index in [0.29, 0.717) is 11.8 Å². The van der Waals surface area contributed by atoms with Crippen LogP contribution in [0.15, 0.2) is 24.3 Å². The second-order valence-corrected chi connectivity index (χ2v) is 5.27. The highest BCUT2D eigenvalue weighted by Gasteiger charge is 2.01. The van der Waals surface area contributed by atoms with Gasteiger partial charge in [-0.15, -0.1) is 0 Å². The summed E-state index contributed by atoms with van der Waals surface area (Å²) in [7, 11) is 0. The third-order valence-electron chi connectivity index (χ3n) is 2.23. The van der Waals surface area contributed by atoms with Gasteiger partial charge in [-0.25, -0.2) is 0 Å². The summed E-state index contributed by atoms with van der Waals surface area (Å²) >= 11 is 0. The lowest BCUT2D eigenvalue weighted by Crippen LogP contribution is -1.97. The molecule has 0 aromatic heterocycles. The lowest BCUT2D eigenvalue weighted by molar-refractivity contribution is -0.107. The highest BCUT2D eigenvalue weighted by atomic mass is 16.1. The first kappa shape index (κ1) is 15.2. The molecule has 1 nitrogen and oxygen atoms in total. The molecule has 0 fully saturated rings. The van der Waals surface area contributed by atoms with Gasteiger partial charge in [-0.3, -0.25) is 0 Å². The van der Waals surface area contributed by atoms with E-state index in [1.54, 1.807) is 0 Å². The largest absolute Gasteiger partial charge is 0.303 e. The first-order chi connectivity index (χ1) is 7.56. The van der Waals surface area contributed by atoms with Crippen LogP contribution in [-0.4, -0.2) is 6.29 Å². The Morgan fingerprint density at radius 1 is 0.812 bits per heavy atom. The third-order valence-corrected chi connectivity index (χ3v) is 2.23. The molecule has 0 N–H and O–H groups in total. The van der Waals surface area contributed by atoms with Gasteiger partial charge in [0.2, 0.25) is 0 Å². The molecule has 92 valence electrons. The van der Waals surface area contributed by atoms with Crippen molar-refractivity contribution in [2.45, 2.75) is 59.3 Å². The first-order valence-electron chi connectivity index (χ1n) is 6.32. The first-order valence-corrected chi connectivity index (χ1v) is 6.32. The zero-order valence-electron chi connectivity index (χ0n) is 11.0. The maximum Gasteiger partial charge on any atom is 0.119 e. The van der Waals surface area contributed by atoms with E-state index in [4.69, 9.17) is 0 Å². The molecule has 1 heteroatoms. The minimum absolute atomic E-state index is 0.304. The molecule has 0 aliphatic rings. The van der Waals surface area contributed by atoms with Gasteiger partial charge in [-0.2, -0.15) is 0 Å². The Labute approximate surface area is 101 Å². The van der Waals surface area contributed by atoms with Gasteiger partial charge in [0.05, 0.1) is 0 Å². The summed E-state index contributed by atoms with van der Waals surface area (Å²) < 4.78 is 0. The van der Waals surface area contributed by atoms with Crippen molar-refractivity contribution in [3.63, 3.8) is 0 Å². The minimum Gasteiger partial charge on any atom is -0.303 e. The number of allylic oxidation sites excluding steroid dienone is 4.